The van der Waals surface area contributed by atoms with Gasteiger partial charge in [0.25, 0.3) is 0 Å². The van der Waals surface area contributed by atoms with Crippen LogP contribution < -0.4 is 5.73 Å². The molecule has 0 amide bonds. The minimum atomic E-state index is -1.29. The number of nitrogens with two attached hydrogens (primary N) is 1. The fourth-order valence-electron chi connectivity index (χ4n) is 0.275. The third-order valence-electron chi connectivity index (χ3n) is 0.712. The Hall–Kier alpha value is -0.477. The predicted octanol–water partition coefficient (Wildman–Crippen LogP) is -1.02. The molecular weight excluding hydrogens is 191 g/mol. The molecule has 4 N–H and O–H groups in total. The number of hydrogen-bond donors (Lipinski definition) is 3. The van der Waals surface area contributed by atoms with Gasteiger partial charge in [0.05, 0.1) is 6.42 Å². The van der Waals surface area contributed by atoms with Crippen LogP contribution >= 0.6 is 0 Å². The zero-order valence-electron chi connectivity index (χ0n) is 6.28. The SMILES string of the molecule is NC(CC(=O)O)C(=O)O.[H+].[Zn+2]. The maximum absolute atomic E-state index is 9.85. The molecule has 0 radical (unpaired) electrons. The molecule has 0 saturated heterocycles. The van der Waals surface area contributed by atoms with E-state index in [9.17, 15) is 9.59 Å². The van der Waals surface area contributed by atoms with Gasteiger partial charge >= 0.3 is 32.8 Å². The van der Waals surface area contributed by atoms with Crippen molar-refractivity contribution in [1.82, 2.24) is 0 Å². The molecule has 0 saturated carbocycles. The zero-order chi connectivity index (χ0) is 7.44. The van der Waals surface area contributed by atoms with Crippen LogP contribution in [0.5, 0.6) is 0 Å². The summed E-state index contributed by atoms with van der Waals surface area (Å²) in [5.74, 6) is -2.50. The third-order valence-corrected chi connectivity index (χ3v) is 0.712. The average molecular weight is 200 g/mol. The van der Waals surface area contributed by atoms with Crippen LogP contribution in [-0.4, -0.2) is 28.2 Å². The molecule has 0 fully saturated rings. The molecule has 0 aromatic heterocycles. The van der Waals surface area contributed by atoms with Crippen LogP contribution in [0.2, 0.25) is 0 Å². The second-order valence-electron chi connectivity index (χ2n) is 1.54. The summed E-state index contributed by atoms with van der Waals surface area (Å²) < 4.78 is 0. The van der Waals surface area contributed by atoms with Gasteiger partial charge < -0.3 is 15.9 Å². The molecule has 0 aliphatic rings. The van der Waals surface area contributed by atoms with Crippen molar-refractivity contribution in [2.45, 2.75) is 12.5 Å². The van der Waals surface area contributed by atoms with Gasteiger partial charge in [0.2, 0.25) is 0 Å². The molecule has 52 valence electrons. The second kappa shape index (κ2) is 5.32. The molecule has 0 rings (SSSR count). The van der Waals surface area contributed by atoms with E-state index in [0.29, 0.717) is 0 Å². The summed E-state index contributed by atoms with van der Waals surface area (Å²) in [6.45, 7) is 0. The van der Waals surface area contributed by atoms with Gasteiger partial charge in [-0.15, -0.1) is 0 Å². The van der Waals surface area contributed by atoms with Crippen LogP contribution in [0.25, 0.3) is 0 Å². The molecule has 10 heavy (non-hydrogen) atoms. The van der Waals surface area contributed by atoms with Crippen molar-refractivity contribution in [3.63, 3.8) is 0 Å². The minimum absolute atomic E-state index is 0. The molecule has 0 bridgehead atoms. The number of carbonyl (C=O) groups is 2. The van der Waals surface area contributed by atoms with Crippen molar-refractivity contribution in [3.05, 3.63) is 0 Å². The van der Waals surface area contributed by atoms with Gasteiger partial charge in [-0.25, -0.2) is 0 Å². The number of carboxylic acid groups (broad SMARTS) is 2. The van der Waals surface area contributed by atoms with Crippen LogP contribution in [0.3, 0.4) is 0 Å². The summed E-state index contributed by atoms with van der Waals surface area (Å²) in [6.07, 6.45) is -0.532. The van der Waals surface area contributed by atoms with E-state index in [0.717, 1.165) is 0 Å². The Labute approximate surface area is 71.5 Å². The molecule has 0 aromatic rings. The van der Waals surface area contributed by atoms with E-state index in [4.69, 9.17) is 15.9 Å². The second-order valence-corrected chi connectivity index (χ2v) is 1.54. The van der Waals surface area contributed by atoms with Crippen LogP contribution in [-0.2, 0) is 29.1 Å². The standard InChI is InChI=1S/C4H7NO4.Zn/c5-2(4(8)9)1-3(6)7;/h2H,1,5H2,(H,6,7)(H,8,9);/q;+2/p+1. The summed E-state index contributed by atoms with van der Waals surface area (Å²) in [6, 6.07) is -1.29. The summed E-state index contributed by atoms with van der Waals surface area (Å²) in [5.41, 5.74) is 4.84. The Kier molecular flexibility index (Phi) is 6.50. The monoisotopic (exact) mass is 198 g/mol. The topological polar surface area (TPSA) is 101 Å². The Morgan fingerprint density at radius 3 is 2.00 bits per heavy atom. The van der Waals surface area contributed by atoms with Gasteiger partial charge in [0, 0.05) is 0 Å². The Balaban J connectivity index is -0.000000320. The van der Waals surface area contributed by atoms with Crippen molar-refractivity contribution in [2.75, 3.05) is 0 Å². The number of hydrogen-bond acceptors (Lipinski definition) is 3. The van der Waals surface area contributed by atoms with E-state index in [1.807, 2.05) is 0 Å². The first-order valence-corrected chi connectivity index (χ1v) is 2.24. The number of carboxylic acids is 2. The van der Waals surface area contributed by atoms with Crippen molar-refractivity contribution < 1.29 is 40.7 Å². The normalized spacial score (nSPS) is 11.3. The van der Waals surface area contributed by atoms with E-state index in [1.165, 1.54) is 0 Å². The maximum atomic E-state index is 9.85. The predicted molar refractivity (Wildman–Crippen MR) is 29.0 cm³/mol. The molecule has 0 spiro atoms. The molecule has 6 heteroatoms. The van der Waals surface area contributed by atoms with E-state index >= 15 is 0 Å². The van der Waals surface area contributed by atoms with E-state index in [-0.39, 0.29) is 20.9 Å². The van der Waals surface area contributed by atoms with Crippen LogP contribution in [0.4, 0.5) is 0 Å². The first-order valence-electron chi connectivity index (χ1n) is 2.24. The molecule has 5 nitrogen and oxygen atoms in total. The van der Waals surface area contributed by atoms with Gasteiger partial charge in [-0.2, -0.15) is 0 Å². The summed E-state index contributed by atoms with van der Waals surface area (Å²) in [4.78, 5) is 19.6. The molecule has 1 atom stereocenters. The number of aliphatic carboxylic acids is 2. The van der Waals surface area contributed by atoms with Gasteiger partial charge in [-0.05, 0) is 0 Å². The first-order chi connectivity index (χ1) is 4.04. The third kappa shape index (κ3) is 5.66. The van der Waals surface area contributed by atoms with Gasteiger partial charge in [0.1, 0.15) is 6.04 Å². The van der Waals surface area contributed by atoms with Crippen molar-refractivity contribution in [2.24, 2.45) is 5.73 Å². The Morgan fingerprint density at radius 2 is 1.90 bits per heavy atom. The summed E-state index contributed by atoms with van der Waals surface area (Å²) in [7, 11) is 0. The van der Waals surface area contributed by atoms with E-state index in [2.05, 4.69) is 0 Å². The van der Waals surface area contributed by atoms with Crippen molar-refractivity contribution in [1.29, 1.82) is 0 Å². The fourth-order valence-corrected chi connectivity index (χ4v) is 0.275. The number of rotatable bonds is 3. The van der Waals surface area contributed by atoms with Crippen LogP contribution in [0, 0.1) is 0 Å². The minimum Gasteiger partial charge on any atom is -0.481 e. The van der Waals surface area contributed by atoms with Crippen LogP contribution in [0.15, 0.2) is 0 Å². The molecular formula is C4H8NO4Zn+3. The van der Waals surface area contributed by atoms with E-state index < -0.39 is 24.4 Å². The van der Waals surface area contributed by atoms with Crippen LogP contribution in [0.1, 0.15) is 7.85 Å². The maximum Gasteiger partial charge on any atom is 2.00 e. The Bertz CT molecular complexity index is 142. The van der Waals surface area contributed by atoms with Crippen molar-refractivity contribution >= 4 is 11.9 Å². The molecule has 1 unspecified atom stereocenters. The largest absolute Gasteiger partial charge is 2.00 e. The Morgan fingerprint density at radius 1 is 1.50 bits per heavy atom. The van der Waals surface area contributed by atoms with Gasteiger partial charge in [-0.1, -0.05) is 0 Å². The average Bonchev–Trinajstić information content (AvgIpc) is 1.63. The fraction of sp³-hybridized carbons (Fsp3) is 0.500. The summed E-state index contributed by atoms with van der Waals surface area (Å²) >= 11 is 0. The molecule has 0 aliphatic heterocycles. The molecule has 0 aromatic carbocycles. The van der Waals surface area contributed by atoms with Gasteiger partial charge in [-0.3, -0.25) is 9.59 Å². The van der Waals surface area contributed by atoms with Crippen molar-refractivity contribution in [3.8, 4) is 0 Å². The van der Waals surface area contributed by atoms with E-state index in [1.54, 1.807) is 0 Å². The summed E-state index contributed by atoms with van der Waals surface area (Å²) in [5, 5.41) is 16.0. The van der Waals surface area contributed by atoms with Gasteiger partial charge in [0.15, 0.2) is 0 Å². The first kappa shape index (κ1) is 12.2. The molecule has 0 heterocycles. The smallest absolute Gasteiger partial charge is 0.481 e. The molecule has 0 aliphatic carbocycles. The zero-order valence-corrected chi connectivity index (χ0v) is 8.25. The quantitative estimate of drug-likeness (QED) is 0.505.